The number of para-hydroxylation sites is 1. The lowest BCUT2D eigenvalue weighted by molar-refractivity contribution is 0.601. The number of halogens is 2. The summed E-state index contributed by atoms with van der Waals surface area (Å²) in [5, 5.41) is 0.125. The van der Waals surface area contributed by atoms with Crippen LogP contribution in [0.4, 0.5) is 4.39 Å². The van der Waals surface area contributed by atoms with Crippen LogP contribution >= 0.6 is 23.8 Å². The summed E-state index contributed by atoms with van der Waals surface area (Å²) in [7, 11) is 0. The third-order valence-corrected chi connectivity index (χ3v) is 3.59. The highest BCUT2D eigenvalue weighted by Crippen LogP contribution is 2.37. The molecule has 0 amide bonds. The summed E-state index contributed by atoms with van der Waals surface area (Å²) in [5.74, 6) is 0.358. The predicted octanol–water partition coefficient (Wildman–Crippen LogP) is 4.19. The third-order valence-electron chi connectivity index (χ3n) is 2.77. The molecular weight excluding hydrogens is 273 g/mol. The van der Waals surface area contributed by atoms with Gasteiger partial charge >= 0.3 is 0 Å². The normalized spacial score (nSPS) is 13.9. The fraction of sp³-hybridized carbons (Fsp3) is 0.0769. The molecule has 0 bridgehead atoms. The highest BCUT2D eigenvalue weighted by Gasteiger charge is 2.16. The maximum atomic E-state index is 13.5. The Kier molecular flexibility index (Phi) is 3.16. The van der Waals surface area contributed by atoms with Crippen molar-refractivity contribution in [3.05, 3.63) is 52.8 Å². The number of benzene rings is 2. The summed E-state index contributed by atoms with van der Waals surface area (Å²) < 4.78 is 22.1. The molecule has 1 heterocycles. The Morgan fingerprint density at radius 3 is 3.00 bits per heavy atom. The Morgan fingerprint density at radius 2 is 2.17 bits per heavy atom. The first-order valence-corrected chi connectivity index (χ1v) is 6.51. The molecule has 92 valence electrons. The van der Waals surface area contributed by atoms with E-state index in [2.05, 4.69) is 4.72 Å². The quantitative estimate of drug-likeness (QED) is 0.625. The first-order valence-electron chi connectivity index (χ1n) is 5.39. The van der Waals surface area contributed by atoms with Crippen molar-refractivity contribution in [3.63, 3.8) is 0 Å². The van der Waals surface area contributed by atoms with E-state index in [9.17, 15) is 4.39 Å². The average molecular weight is 282 g/mol. The van der Waals surface area contributed by atoms with Gasteiger partial charge in [0.15, 0.2) is 5.75 Å². The molecule has 0 fully saturated rings. The first kappa shape index (κ1) is 11.8. The van der Waals surface area contributed by atoms with Crippen molar-refractivity contribution in [2.75, 3.05) is 0 Å². The minimum absolute atomic E-state index is 0.125. The van der Waals surface area contributed by atoms with Gasteiger partial charge in [0.05, 0.1) is 5.02 Å². The summed E-state index contributed by atoms with van der Waals surface area (Å²) in [6.45, 7) is 0.726. The molecule has 2 aromatic rings. The second-order valence-electron chi connectivity index (χ2n) is 3.91. The SMILES string of the molecule is Fc1cc(-c2cccc3c2OSNC3)ccc1Cl. The van der Waals surface area contributed by atoms with Crippen LogP contribution in [0.15, 0.2) is 36.4 Å². The van der Waals surface area contributed by atoms with Crippen LogP contribution < -0.4 is 8.91 Å². The molecule has 0 saturated carbocycles. The number of hydrogen-bond donors (Lipinski definition) is 1. The molecule has 0 saturated heterocycles. The zero-order valence-electron chi connectivity index (χ0n) is 9.24. The number of fused-ring (bicyclic) bond motifs is 1. The Morgan fingerprint density at radius 1 is 1.28 bits per heavy atom. The van der Waals surface area contributed by atoms with E-state index in [-0.39, 0.29) is 5.02 Å². The third kappa shape index (κ3) is 2.07. The van der Waals surface area contributed by atoms with Crippen molar-refractivity contribution in [2.24, 2.45) is 0 Å². The lowest BCUT2D eigenvalue weighted by Gasteiger charge is -2.19. The summed E-state index contributed by atoms with van der Waals surface area (Å²) >= 11 is 6.88. The van der Waals surface area contributed by atoms with Gasteiger partial charge in [-0.25, -0.2) is 9.11 Å². The minimum atomic E-state index is -0.423. The van der Waals surface area contributed by atoms with E-state index in [0.717, 1.165) is 29.0 Å². The van der Waals surface area contributed by atoms with Gasteiger partial charge in [0.25, 0.3) is 0 Å². The number of rotatable bonds is 1. The van der Waals surface area contributed by atoms with E-state index in [0.29, 0.717) is 0 Å². The van der Waals surface area contributed by atoms with Crippen molar-refractivity contribution < 1.29 is 8.57 Å². The van der Waals surface area contributed by atoms with Crippen molar-refractivity contribution in [1.82, 2.24) is 4.72 Å². The van der Waals surface area contributed by atoms with Gasteiger partial charge in [-0.2, -0.15) is 0 Å². The molecule has 3 rings (SSSR count). The molecule has 0 spiro atoms. The maximum absolute atomic E-state index is 13.5. The maximum Gasteiger partial charge on any atom is 0.151 e. The van der Waals surface area contributed by atoms with E-state index in [1.165, 1.54) is 18.3 Å². The largest absolute Gasteiger partial charge is 0.409 e. The molecule has 0 unspecified atom stereocenters. The average Bonchev–Trinajstić information content (AvgIpc) is 2.41. The molecule has 1 aliphatic rings. The molecule has 1 aliphatic heterocycles. The number of hydrogen-bond acceptors (Lipinski definition) is 3. The first-order chi connectivity index (χ1) is 8.75. The van der Waals surface area contributed by atoms with Crippen molar-refractivity contribution >= 4 is 23.8 Å². The van der Waals surface area contributed by atoms with Crippen LogP contribution in [0.25, 0.3) is 11.1 Å². The molecule has 18 heavy (non-hydrogen) atoms. The van der Waals surface area contributed by atoms with Gasteiger partial charge in [-0.05, 0) is 17.7 Å². The van der Waals surface area contributed by atoms with Gasteiger partial charge in [-0.15, -0.1) is 0 Å². The second-order valence-corrected chi connectivity index (χ2v) is 4.94. The molecule has 0 aromatic heterocycles. The van der Waals surface area contributed by atoms with Gasteiger partial charge in [0.1, 0.15) is 18.0 Å². The lowest BCUT2D eigenvalue weighted by atomic mass is 10.0. The second kappa shape index (κ2) is 4.80. The molecule has 0 aliphatic carbocycles. The minimum Gasteiger partial charge on any atom is -0.409 e. The van der Waals surface area contributed by atoms with E-state index in [1.807, 2.05) is 18.2 Å². The van der Waals surface area contributed by atoms with Crippen LogP contribution in [0.5, 0.6) is 5.75 Å². The van der Waals surface area contributed by atoms with Gasteiger partial charge in [-0.1, -0.05) is 35.9 Å². The predicted molar refractivity (Wildman–Crippen MR) is 71.9 cm³/mol. The topological polar surface area (TPSA) is 21.3 Å². The van der Waals surface area contributed by atoms with Crippen molar-refractivity contribution in [1.29, 1.82) is 0 Å². The molecule has 1 N–H and O–H groups in total. The van der Waals surface area contributed by atoms with Crippen LogP contribution in [0.3, 0.4) is 0 Å². The van der Waals surface area contributed by atoms with Gasteiger partial charge in [0.2, 0.25) is 0 Å². The van der Waals surface area contributed by atoms with Crippen molar-refractivity contribution in [3.8, 4) is 16.9 Å². The molecular formula is C13H9ClFNOS. The molecule has 2 aromatic carbocycles. The fourth-order valence-corrected chi connectivity index (χ4v) is 2.56. The van der Waals surface area contributed by atoms with Crippen LogP contribution in [-0.4, -0.2) is 0 Å². The smallest absolute Gasteiger partial charge is 0.151 e. The summed E-state index contributed by atoms with van der Waals surface area (Å²) in [5.41, 5.74) is 2.69. The monoisotopic (exact) mass is 281 g/mol. The Balaban J connectivity index is 2.13. The summed E-state index contributed by atoms with van der Waals surface area (Å²) in [4.78, 5) is 0. The van der Waals surface area contributed by atoms with E-state index in [1.54, 1.807) is 12.1 Å². The highest BCUT2D eigenvalue weighted by atomic mass is 35.5. The zero-order chi connectivity index (χ0) is 12.5. The Hall–Kier alpha value is -1.23. The summed E-state index contributed by atoms with van der Waals surface area (Å²) in [6.07, 6.45) is 0. The van der Waals surface area contributed by atoms with Crippen molar-refractivity contribution in [2.45, 2.75) is 6.54 Å². The molecule has 5 heteroatoms. The fourth-order valence-electron chi connectivity index (χ4n) is 1.89. The van der Waals surface area contributed by atoms with Crippen LogP contribution in [0.2, 0.25) is 5.02 Å². The molecule has 0 radical (unpaired) electrons. The van der Waals surface area contributed by atoms with Crippen LogP contribution in [0, 0.1) is 5.82 Å². The zero-order valence-corrected chi connectivity index (χ0v) is 10.8. The summed E-state index contributed by atoms with van der Waals surface area (Å²) in [6, 6.07) is 10.6. The van der Waals surface area contributed by atoms with Crippen LogP contribution in [-0.2, 0) is 6.54 Å². The lowest BCUT2D eigenvalue weighted by Crippen LogP contribution is -2.12. The van der Waals surface area contributed by atoms with E-state index in [4.69, 9.17) is 15.8 Å². The van der Waals surface area contributed by atoms with E-state index < -0.39 is 5.82 Å². The molecule has 0 atom stereocenters. The number of nitrogens with one attached hydrogen (secondary N) is 1. The van der Waals surface area contributed by atoms with Gasteiger partial charge < -0.3 is 4.18 Å². The molecule has 2 nitrogen and oxygen atoms in total. The standard InChI is InChI=1S/C13H9ClFNOS/c14-11-5-4-8(6-12(11)15)10-3-1-2-9-7-16-18-17-13(9)10/h1-6,16H,7H2. The van der Waals surface area contributed by atoms with Gasteiger partial charge in [0, 0.05) is 17.7 Å². The van der Waals surface area contributed by atoms with Crippen LogP contribution in [0.1, 0.15) is 5.56 Å². The van der Waals surface area contributed by atoms with E-state index >= 15 is 0 Å². The Labute approximate surface area is 113 Å². The Bertz CT molecular complexity index is 606. The van der Waals surface area contributed by atoms with Gasteiger partial charge in [-0.3, -0.25) is 0 Å². The highest BCUT2D eigenvalue weighted by molar-refractivity contribution is 7.93.